The number of amides is 1. The highest BCUT2D eigenvalue weighted by molar-refractivity contribution is 6.15. The smallest absolute Gasteiger partial charge is 0.251 e. The molecule has 0 aromatic heterocycles. The van der Waals surface area contributed by atoms with Crippen LogP contribution >= 0.6 is 0 Å². The Balaban J connectivity index is 2.97. The van der Waals surface area contributed by atoms with Crippen molar-refractivity contribution in [2.75, 3.05) is 7.05 Å². The molecule has 1 aliphatic heterocycles. The average Bonchev–Trinajstić information content (AvgIpc) is 2.57. The molecule has 2 rings (SSSR count). The molecule has 0 bridgehead atoms. The monoisotopic (exact) mass is 365 g/mol. The van der Waals surface area contributed by atoms with Gasteiger partial charge in [-0.15, -0.1) is 0 Å². The summed E-state index contributed by atoms with van der Waals surface area (Å²) in [6.45, 7) is 10.6. The number of nitrogens with zero attached hydrogens (tertiary/aromatic N) is 3. The van der Waals surface area contributed by atoms with Gasteiger partial charge in [-0.25, -0.2) is 0 Å². The van der Waals surface area contributed by atoms with Crippen molar-refractivity contribution in [2.24, 2.45) is 21.7 Å². The summed E-state index contributed by atoms with van der Waals surface area (Å²) in [5.74, 6) is -1.15. The van der Waals surface area contributed by atoms with Crippen molar-refractivity contribution in [3.8, 4) is 12.1 Å². The number of Topliss-reactive ketones (excluding diaryl/α,β-unsaturated/α-hetero) is 1. The van der Waals surface area contributed by atoms with Crippen LogP contribution in [0.2, 0.25) is 0 Å². The van der Waals surface area contributed by atoms with Gasteiger partial charge in [0.15, 0.2) is 11.2 Å². The van der Waals surface area contributed by atoms with Gasteiger partial charge < -0.3 is 4.90 Å². The lowest BCUT2D eigenvalue weighted by molar-refractivity contribution is -0.175. The highest BCUT2D eigenvalue weighted by Gasteiger charge is 2.72. The highest BCUT2D eigenvalue weighted by atomic mass is 16.2. The van der Waals surface area contributed by atoms with Crippen LogP contribution in [0.1, 0.15) is 53.1 Å². The van der Waals surface area contributed by atoms with Crippen molar-refractivity contribution in [1.29, 1.82) is 10.5 Å². The van der Waals surface area contributed by atoms with Gasteiger partial charge in [0.2, 0.25) is 0 Å². The molecule has 1 heterocycles. The summed E-state index contributed by atoms with van der Waals surface area (Å²) in [6.07, 6.45) is 0. The minimum Gasteiger partial charge on any atom is -0.335 e. The van der Waals surface area contributed by atoms with Gasteiger partial charge in [0, 0.05) is 7.05 Å². The second kappa shape index (κ2) is 6.20. The maximum Gasteiger partial charge on any atom is 0.251 e. The summed E-state index contributed by atoms with van der Waals surface area (Å²) in [5, 5.41) is 20.4. The molecule has 1 unspecified atom stereocenters. The van der Waals surface area contributed by atoms with E-state index >= 15 is 0 Å². The van der Waals surface area contributed by atoms with Gasteiger partial charge >= 0.3 is 0 Å². The molecule has 142 valence electrons. The van der Waals surface area contributed by atoms with E-state index in [2.05, 4.69) is 6.07 Å². The van der Waals surface area contributed by atoms with Gasteiger partial charge in [-0.1, -0.05) is 71.9 Å². The summed E-state index contributed by atoms with van der Waals surface area (Å²) in [5.41, 5.74) is -4.55. The van der Waals surface area contributed by atoms with Gasteiger partial charge in [0.25, 0.3) is 5.91 Å². The van der Waals surface area contributed by atoms with E-state index in [9.17, 15) is 20.1 Å². The zero-order chi connectivity index (χ0) is 20.8. The van der Waals surface area contributed by atoms with Crippen LogP contribution in [0.4, 0.5) is 0 Å². The quantitative estimate of drug-likeness (QED) is 0.707. The maximum absolute atomic E-state index is 14.0. The number of likely N-dealkylation sites (tertiary alicyclic amines) is 1. The molecule has 0 radical (unpaired) electrons. The lowest BCUT2D eigenvalue weighted by Gasteiger charge is -2.56. The largest absolute Gasteiger partial charge is 0.335 e. The predicted molar refractivity (Wildman–Crippen MR) is 102 cm³/mol. The molecular weight excluding hydrogens is 338 g/mol. The minimum atomic E-state index is -1.92. The number of piperidine rings is 1. The van der Waals surface area contributed by atoms with Crippen molar-refractivity contribution < 1.29 is 9.59 Å². The van der Waals surface area contributed by atoms with Crippen molar-refractivity contribution in [1.82, 2.24) is 4.90 Å². The second-order valence-electron chi connectivity index (χ2n) is 9.34. The lowest BCUT2D eigenvalue weighted by Crippen LogP contribution is -2.69. The number of carbonyl (C=O) groups excluding carboxylic acids is 2. The Kier molecular flexibility index (Phi) is 4.74. The highest BCUT2D eigenvalue weighted by Crippen LogP contribution is 2.60. The first kappa shape index (κ1) is 20.6. The first-order chi connectivity index (χ1) is 12.3. The number of hydrogen-bond donors (Lipinski definition) is 0. The molecule has 0 saturated carbocycles. The lowest BCUT2D eigenvalue weighted by atomic mass is 9.48. The van der Waals surface area contributed by atoms with E-state index in [0.717, 1.165) is 0 Å². The fourth-order valence-electron chi connectivity index (χ4n) is 4.26. The number of carbonyl (C=O) groups is 2. The molecule has 1 amide bonds. The molecule has 0 spiro atoms. The molecule has 1 aromatic rings. The van der Waals surface area contributed by atoms with E-state index in [-0.39, 0.29) is 0 Å². The number of nitriles is 2. The Bertz CT molecular complexity index is 849. The van der Waals surface area contributed by atoms with Crippen LogP contribution in [0.5, 0.6) is 0 Å². The summed E-state index contributed by atoms with van der Waals surface area (Å²) in [4.78, 5) is 28.8. The van der Waals surface area contributed by atoms with Crippen LogP contribution in [0.25, 0.3) is 0 Å². The molecular formula is C22H27N3O2. The Morgan fingerprint density at radius 2 is 1.44 bits per heavy atom. The van der Waals surface area contributed by atoms with Crippen LogP contribution in [0, 0.1) is 44.3 Å². The van der Waals surface area contributed by atoms with Gasteiger partial charge in [0.1, 0.15) is 5.41 Å². The third kappa shape index (κ3) is 2.49. The molecule has 0 N–H and O–H groups in total. The number of hydrogen-bond acceptors (Lipinski definition) is 4. The summed E-state index contributed by atoms with van der Waals surface area (Å²) in [7, 11) is 1.59. The second-order valence-corrected chi connectivity index (χ2v) is 9.34. The van der Waals surface area contributed by atoms with Crippen molar-refractivity contribution in [3.05, 3.63) is 35.9 Å². The molecule has 5 nitrogen and oxygen atoms in total. The van der Waals surface area contributed by atoms with Crippen molar-refractivity contribution >= 4 is 11.7 Å². The molecule has 27 heavy (non-hydrogen) atoms. The van der Waals surface area contributed by atoms with Crippen LogP contribution in [0.3, 0.4) is 0 Å². The molecule has 3 atom stereocenters. The number of benzene rings is 1. The normalized spacial score (nSPS) is 29.2. The fraction of sp³-hybridized carbons (Fsp3) is 0.545. The van der Waals surface area contributed by atoms with E-state index in [1.807, 2.05) is 57.2 Å². The molecule has 1 saturated heterocycles. The summed E-state index contributed by atoms with van der Waals surface area (Å²) in [6, 6.07) is 12.6. The Hall–Kier alpha value is -2.66. The molecule has 0 aliphatic carbocycles. The fourth-order valence-corrected chi connectivity index (χ4v) is 4.26. The van der Waals surface area contributed by atoms with Gasteiger partial charge in [0.05, 0.1) is 18.2 Å². The standard InChI is InChI=1S/C22H27N3O2/c1-19(2,3)21(13-23)16(15-11-9-8-10-12-15)25(7)18(27)22(14-24,17(21)26)20(4,5)6/h8-12,16H,1-7H3/t16-,21+,22?/m0/s1. The number of rotatable bonds is 1. The molecule has 1 aliphatic rings. The zero-order valence-corrected chi connectivity index (χ0v) is 17.1. The van der Waals surface area contributed by atoms with E-state index in [0.29, 0.717) is 5.56 Å². The molecule has 5 heteroatoms. The van der Waals surface area contributed by atoms with E-state index in [4.69, 9.17) is 0 Å². The maximum atomic E-state index is 14.0. The summed E-state index contributed by atoms with van der Waals surface area (Å²) < 4.78 is 0. The zero-order valence-electron chi connectivity index (χ0n) is 17.1. The Morgan fingerprint density at radius 3 is 1.81 bits per heavy atom. The third-order valence-corrected chi connectivity index (χ3v) is 5.90. The Labute approximate surface area is 161 Å². The van der Waals surface area contributed by atoms with Crippen LogP contribution in [-0.4, -0.2) is 23.6 Å². The van der Waals surface area contributed by atoms with E-state index < -0.39 is 39.4 Å². The predicted octanol–water partition coefficient (Wildman–Crippen LogP) is 3.88. The van der Waals surface area contributed by atoms with Crippen molar-refractivity contribution in [2.45, 2.75) is 47.6 Å². The molecule has 1 fully saturated rings. The van der Waals surface area contributed by atoms with Crippen LogP contribution < -0.4 is 0 Å². The summed E-state index contributed by atoms with van der Waals surface area (Å²) >= 11 is 0. The first-order valence-corrected chi connectivity index (χ1v) is 9.02. The SMILES string of the molecule is CN1C(=O)C(C#N)(C(C)(C)C)C(=O)[C@](C#N)(C(C)(C)C)[C@@H]1c1ccccc1. The van der Waals surface area contributed by atoms with Crippen molar-refractivity contribution in [3.63, 3.8) is 0 Å². The van der Waals surface area contributed by atoms with Crippen LogP contribution in [0.15, 0.2) is 30.3 Å². The van der Waals surface area contributed by atoms with Gasteiger partial charge in [-0.05, 0) is 16.4 Å². The van der Waals surface area contributed by atoms with Crippen LogP contribution in [-0.2, 0) is 9.59 Å². The van der Waals surface area contributed by atoms with E-state index in [1.54, 1.807) is 27.8 Å². The average molecular weight is 365 g/mol. The number of ketones is 1. The van der Waals surface area contributed by atoms with E-state index in [1.165, 1.54) is 4.90 Å². The topological polar surface area (TPSA) is 85.0 Å². The third-order valence-electron chi connectivity index (χ3n) is 5.90. The molecule has 1 aromatic carbocycles. The first-order valence-electron chi connectivity index (χ1n) is 9.02. The van der Waals surface area contributed by atoms with Gasteiger partial charge in [-0.2, -0.15) is 10.5 Å². The minimum absolute atomic E-state index is 0.550. The van der Waals surface area contributed by atoms with Gasteiger partial charge in [-0.3, -0.25) is 9.59 Å². The Morgan fingerprint density at radius 1 is 0.926 bits per heavy atom.